The molecule has 1 aromatic heterocycles. The van der Waals surface area contributed by atoms with Crippen LogP contribution in [0.15, 0.2) is 18.2 Å². The zero-order chi connectivity index (χ0) is 21.5. The zero-order valence-electron chi connectivity index (χ0n) is 17.0. The van der Waals surface area contributed by atoms with Crippen molar-refractivity contribution in [3.05, 3.63) is 45.3 Å². The van der Waals surface area contributed by atoms with Gasteiger partial charge in [-0.2, -0.15) is 0 Å². The van der Waals surface area contributed by atoms with Crippen LogP contribution >= 0.6 is 11.3 Å². The van der Waals surface area contributed by atoms with E-state index < -0.39 is 5.97 Å². The molecule has 2 aromatic rings. The number of phenolic OH excluding ortho intramolecular Hbond substituents is 1. The number of hydrogen-bond acceptors (Lipinski definition) is 7. The van der Waals surface area contributed by atoms with Gasteiger partial charge in [0, 0.05) is 37.2 Å². The summed E-state index contributed by atoms with van der Waals surface area (Å²) in [5.41, 5.74) is 2.36. The minimum atomic E-state index is -0.939. The molecule has 9 heteroatoms. The number of carbonyl (C=O) groups is 2. The Morgan fingerprint density at radius 1 is 1.35 bits per heavy atom. The number of hydrogen-bond donors (Lipinski definition) is 4. The molecule has 0 bridgehead atoms. The zero-order valence-corrected chi connectivity index (χ0v) is 17.8. The van der Waals surface area contributed by atoms with Gasteiger partial charge >= 0.3 is 5.97 Å². The third kappa shape index (κ3) is 3.77. The van der Waals surface area contributed by atoms with Gasteiger partial charge in [0.15, 0.2) is 0 Å². The van der Waals surface area contributed by atoms with Crippen molar-refractivity contribution in [3.63, 3.8) is 0 Å². The number of amides is 1. The van der Waals surface area contributed by atoms with Gasteiger partial charge < -0.3 is 30.5 Å². The highest BCUT2D eigenvalue weighted by atomic mass is 32.1. The molecular formula is C22H25N3O5S. The van der Waals surface area contributed by atoms with Crippen molar-refractivity contribution in [1.82, 2.24) is 10.2 Å². The summed E-state index contributed by atoms with van der Waals surface area (Å²) in [5.74, 6) is -1.11. The predicted molar refractivity (Wildman–Crippen MR) is 116 cm³/mol. The number of ether oxygens (including phenoxy) is 1. The molecule has 0 saturated carbocycles. The molecule has 0 spiro atoms. The number of nitrogens with zero attached hydrogens (tertiary/aromatic N) is 1. The number of aromatic hydroxyl groups is 1. The second kappa shape index (κ2) is 8.14. The van der Waals surface area contributed by atoms with Crippen LogP contribution in [0.4, 0.5) is 5.00 Å². The van der Waals surface area contributed by atoms with E-state index in [1.807, 2.05) is 6.07 Å². The standard InChI is InChI=1S/C22H25N3O5S/c26-15-5-3-4-12-10-25(21(27)18(12)15)11-13-8-14-16(9-23-13)31-20(19(14)22(28)29)24-17-6-1-2-7-30-17/h3-5,13,17,23-24,26H,1-2,6-11H2,(H,28,29). The molecule has 3 aliphatic heterocycles. The van der Waals surface area contributed by atoms with E-state index in [-0.39, 0.29) is 23.9 Å². The summed E-state index contributed by atoms with van der Waals surface area (Å²) in [6, 6.07) is 5.07. The second-order valence-corrected chi connectivity index (χ2v) is 9.40. The van der Waals surface area contributed by atoms with Crippen molar-refractivity contribution >= 4 is 28.2 Å². The van der Waals surface area contributed by atoms with Gasteiger partial charge in [-0.05, 0) is 42.9 Å². The van der Waals surface area contributed by atoms with Crippen molar-refractivity contribution in [2.75, 3.05) is 18.5 Å². The lowest BCUT2D eigenvalue weighted by Crippen LogP contribution is -2.44. The van der Waals surface area contributed by atoms with Crippen molar-refractivity contribution in [2.24, 2.45) is 0 Å². The average Bonchev–Trinajstić information content (AvgIpc) is 3.26. The van der Waals surface area contributed by atoms with E-state index in [1.54, 1.807) is 11.0 Å². The molecular weight excluding hydrogens is 418 g/mol. The Morgan fingerprint density at radius 3 is 2.97 bits per heavy atom. The van der Waals surface area contributed by atoms with E-state index in [1.165, 1.54) is 17.4 Å². The summed E-state index contributed by atoms with van der Waals surface area (Å²) < 4.78 is 5.73. The smallest absolute Gasteiger partial charge is 0.338 e. The number of carboxylic acid groups (broad SMARTS) is 1. The molecule has 5 rings (SSSR count). The number of thiophene rings is 1. The summed E-state index contributed by atoms with van der Waals surface area (Å²) in [6.07, 6.45) is 3.35. The van der Waals surface area contributed by atoms with E-state index in [0.717, 1.165) is 35.3 Å². The normalized spacial score (nSPS) is 22.8. The van der Waals surface area contributed by atoms with Crippen LogP contribution in [0.25, 0.3) is 0 Å². The SMILES string of the molecule is O=C(O)c1c(NC2CCCCO2)sc2c1CC(CN1Cc3cccc(O)c3C1=O)NC2. The Kier molecular flexibility index (Phi) is 5.33. The number of nitrogens with one attached hydrogen (secondary N) is 2. The summed E-state index contributed by atoms with van der Waals surface area (Å²) in [5, 5.41) is 27.4. The van der Waals surface area contributed by atoms with E-state index in [0.29, 0.717) is 48.8 Å². The Balaban J connectivity index is 1.33. The van der Waals surface area contributed by atoms with Gasteiger partial charge in [0.2, 0.25) is 0 Å². The largest absolute Gasteiger partial charge is 0.507 e. The number of fused-ring (bicyclic) bond motifs is 2. The molecule has 0 radical (unpaired) electrons. The number of anilines is 1. The highest BCUT2D eigenvalue weighted by molar-refractivity contribution is 7.16. The van der Waals surface area contributed by atoms with Crippen molar-refractivity contribution in [3.8, 4) is 5.75 Å². The van der Waals surface area contributed by atoms with Crippen molar-refractivity contribution < 1.29 is 24.5 Å². The Bertz CT molecular complexity index is 1030. The van der Waals surface area contributed by atoms with E-state index >= 15 is 0 Å². The van der Waals surface area contributed by atoms with E-state index in [2.05, 4.69) is 10.6 Å². The van der Waals surface area contributed by atoms with Crippen LogP contribution in [0.3, 0.4) is 0 Å². The first-order valence-corrected chi connectivity index (χ1v) is 11.4. The molecule has 4 heterocycles. The Hall–Kier alpha value is -2.62. The quantitative estimate of drug-likeness (QED) is 0.562. The third-order valence-electron chi connectivity index (χ3n) is 6.21. The van der Waals surface area contributed by atoms with E-state index in [4.69, 9.17) is 4.74 Å². The average molecular weight is 444 g/mol. The fourth-order valence-electron chi connectivity index (χ4n) is 4.70. The fraction of sp³-hybridized carbons (Fsp3) is 0.455. The summed E-state index contributed by atoms with van der Waals surface area (Å²) in [6.45, 7) is 2.17. The Morgan fingerprint density at radius 2 is 2.23 bits per heavy atom. The van der Waals surface area contributed by atoms with Gasteiger partial charge in [-0.3, -0.25) is 4.79 Å². The molecule has 1 fully saturated rings. The van der Waals surface area contributed by atoms with Crippen LogP contribution in [-0.4, -0.2) is 52.4 Å². The maximum Gasteiger partial charge on any atom is 0.338 e. The molecule has 4 N–H and O–H groups in total. The summed E-state index contributed by atoms with van der Waals surface area (Å²) in [7, 11) is 0. The molecule has 1 aromatic carbocycles. The van der Waals surface area contributed by atoms with Gasteiger partial charge in [-0.1, -0.05) is 12.1 Å². The lowest BCUT2D eigenvalue weighted by Gasteiger charge is -2.28. The summed E-state index contributed by atoms with van der Waals surface area (Å²) >= 11 is 1.47. The molecule has 1 saturated heterocycles. The Labute approximate surface area is 183 Å². The fourth-order valence-corrected chi connectivity index (χ4v) is 5.91. The van der Waals surface area contributed by atoms with Gasteiger partial charge in [-0.25, -0.2) is 4.79 Å². The second-order valence-electron chi connectivity index (χ2n) is 8.29. The monoisotopic (exact) mass is 443 g/mol. The molecule has 164 valence electrons. The molecule has 3 aliphatic rings. The minimum absolute atomic E-state index is 0.00976. The molecule has 2 atom stereocenters. The number of benzene rings is 1. The van der Waals surface area contributed by atoms with Gasteiger partial charge in [0.25, 0.3) is 5.91 Å². The molecule has 1 amide bonds. The first-order valence-electron chi connectivity index (χ1n) is 10.6. The number of carboxylic acids is 1. The van der Waals surface area contributed by atoms with Crippen LogP contribution < -0.4 is 10.6 Å². The molecule has 31 heavy (non-hydrogen) atoms. The lowest BCUT2D eigenvalue weighted by molar-refractivity contribution is 0.0344. The van der Waals surface area contributed by atoms with Crippen LogP contribution in [0.2, 0.25) is 0 Å². The highest BCUT2D eigenvalue weighted by Crippen LogP contribution is 2.38. The first-order chi connectivity index (χ1) is 15.0. The van der Waals surface area contributed by atoms with Crippen molar-refractivity contribution in [1.29, 1.82) is 0 Å². The maximum atomic E-state index is 12.8. The number of aromatic carboxylic acids is 1. The first kappa shape index (κ1) is 20.3. The van der Waals surface area contributed by atoms with Crippen LogP contribution in [0.5, 0.6) is 5.75 Å². The maximum absolute atomic E-state index is 12.8. The number of rotatable bonds is 5. The predicted octanol–water partition coefficient (Wildman–Crippen LogP) is 2.76. The number of carbonyl (C=O) groups excluding carboxylic acids is 1. The van der Waals surface area contributed by atoms with Crippen LogP contribution in [0, 0.1) is 0 Å². The molecule has 8 nitrogen and oxygen atoms in total. The van der Waals surface area contributed by atoms with E-state index in [9.17, 15) is 19.8 Å². The molecule has 2 unspecified atom stereocenters. The molecule has 0 aliphatic carbocycles. The van der Waals surface area contributed by atoms with Gasteiger partial charge in [0.1, 0.15) is 17.0 Å². The number of phenols is 1. The summed E-state index contributed by atoms with van der Waals surface area (Å²) in [4.78, 5) is 27.6. The van der Waals surface area contributed by atoms with Gasteiger partial charge in [0.05, 0.1) is 11.1 Å². The highest BCUT2D eigenvalue weighted by Gasteiger charge is 2.35. The van der Waals surface area contributed by atoms with Gasteiger partial charge in [-0.15, -0.1) is 11.3 Å². The lowest BCUT2D eigenvalue weighted by atomic mass is 9.97. The van der Waals surface area contributed by atoms with Crippen LogP contribution in [-0.2, 0) is 24.2 Å². The van der Waals surface area contributed by atoms with Crippen LogP contribution in [0.1, 0.15) is 56.0 Å². The topological polar surface area (TPSA) is 111 Å². The minimum Gasteiger partial charge on any atom is -0.507 e. The van der Waals surface area contributed by atoms with Crippen molar-refractivity contribution in [2.45, 2.75) is 51.0 Å². The third-order valence-corrected chi connectivity index (χ3v) is 7.37.